The predicted octanol–water partition coefficient (Wildman–Crippen LogP) is 3.11. The first-order chi connectivity index (χ1) is 13.8. The number of benzene rings is 2. The maximum absolute atomic E-state index is 12.2. The molecule has 1 amide bonds. The summed E-state index contributed by atoms with van der Waals surface area (Å²) in [7, 11) is -1.76. The normalized spacial score (nSPS) is 11.4. The molecule has 0 spiro atoms. The number of carbonyl (C=O) groups excluding carboxylic acids is 1. The van der Waals surface area contributed by atoms with Crippen molar-refractivity contribution in [1.82, 2.24) is 10.2 Å². The standard InChI is InChI=1S/C20H21N3O5S/c1-13(2)29(25,26)17-10-4-14(5-11-17)12-18(24)21-20-23-22-19(28-20)15-6-8-16(27-3)9-7-15/h4-11,13H,12H2,1-3H3,(H,21,23,24). The number of sulfone groups is 1. The van der Waals surface area contributed by atoms with Crippen LogP contribution in [0.1, 0.15) is 19.4 Å². The van der Waals surface area contributed by atoms with Crippen molar-refractivity contribution in [1.29, 1.82) is 0 Å². The van der Waals surface area contributed by atoms with Crippen LogP contribution in [0.5, 0.6) is 5.75 Å². The Kier molecular flexibility index (Phi) is 5.97. The highest BCUT2D eigenvalue weighted by atomic mass is 32.2. The van der Waals surface area contributed by atoms with Gasteiger partial charge in [0.25, 0.3) is 0 Å². The van der Waals surface area contributed by atoms with E-state index in [0.29, 0.717) is 16.9 Å². The zero-order valence-corrected chi connectivity index (χ0v) is 17.1. The lowest BCUT2D eigenvalue weighted by atomic mass is 10.1. The lowest BCUT2D eigenvalue weighted by Gasteiger charge is -2.08. The molecule has 0 unspecified atom stereocenters. The Morgan fingerprint density at radius 1 is 1.07 bits per heavy atom. The van der Waals surface area contributed by atoms with Gasteiger partial charge >= 0.3 is 6.01 Å². The molecule has 1 N–H and O–H groups in total. The smallest absolute Gasteiger partial charge is 0.322 e. The number of anilines is 1. The Morgan fingerprint density at radius 2 is 1.72 bits per heavy atom. The maximum Gasteiger partial charge on any atom is 0.322 e. The van der Waals surface area contributed by atoms with Gasteiger partial charge in [-0.2, -0.15) is 0 Å². The van der Waals surface area contributed by atoms with E-state index >= 15 is 0 Å². The minimum Gasteiger partial charge on any atom is -0.497 e. The highest BCUT2D eigenvalue weighted by Gasteiger charge is 2.19. The molecule has 0 radical (unpaired) electrons. The average Bonchev–Trinajstić information content (AvgIpc) is 3.16. The largest absolute Gasteiger partial charge is 0.497 e. The molecule has 3 rings (SSSR count). The number of methoxy groups -OCH3 is 1. The first-order valence-electron chi connectivity index (χ1n) is 8.90. The van der Waals surface area contributed by atoms with Gasteiger partial charge in [0.05, 0.1) is 23.7 Å². The minimum absolute atomic E-state index is 0.0141. The van der Waals surface area contributed by atoms with E-state index in [4.69, 9.17) is 9.15 Å². The van der Waals surface area contributed by atoms with Crippen LogP contribution in [0.2, 0.25) is 0 Å². The Balaban J connectivity index is 1.63. The monoisotopic (exact) mass is 415 g/mol. The number of aromatic nitrogens is 2. The molecule has 0 aliphatic rings. The Labute approximate surface area is 168 Å². The van der Waals surface area contributed by atoms with E-state index in [0.717, 1.165) is 0 Å². The fourth-order valence-electron chi connectivity index (χ4n) is 2.54. The third-order valence-corrected chi connectivity index (χ3v) is 6.42. The van der Waals surface area contributed by atoms with E-state index in [1.165, 1.54) is 12.1 Å². The highest BCUT2D eigenvalue weighted by molar-refractivity contribution is 7.92. The molecule has 8 nitrogen and oxygen atoms in total. The van der Waals surface area contributed by atoms with Crippen LogP contribution in [0.15, 0.2) is 57.8 Å². The first-order valence-corrected chi connectivity index (χ1v) is 10.4. The fraction of sp³-hybridized carbons (Fsp3) is 0.250. The van der Waals surface area contributed by atoms with Crippen LogP contribution in [0.3, 0.4) is 0 Å². The van der Waals surface area contributed by atoms with Gasteiger partial charge in [-0.15, -0.1) is 5.10 Å². The molecule has 0 aliphatic heterocycles. The second-order valence-electron chi connectivity index (χ2n) is 6.60. The number of hydrogen-bond donors (Lipinski definition) is 1. The van der Waals surface area contributed by atoms with E-state index in [-0.39, 0.29) is 29.1 Å². The molecule has 0 aliphatic carbocycles. The van der Waals surface area contributed by atoms with Gasteiger partial charge in [-0.25, -0.2) is 8.42 Å². The summed E-state index contributed by atoms with van der Waals surface area (Å²) < 4.78 is 34.9. The van der Waals surface area contributed by atoms with Crippen molar-refractivity contribution in [3.05, 3.63) is 54.1 Å². The number of carbonyl (C=O) groups is 1. The van der Waals surface area contributed by atoms with Crippen molar-refractivity contribution in [2.75, 3.05) is 12.4 Å². The predicted molar refractivity (Wildman–Crippen MR) is 107 cm³/mol. The molecular weight excluding hydrogens is 394 g/mol. The molecule has 0 saturated heterocycles. The molecule has 3 aromatic rings. The second kappa shape index (κ2) is 8.44. The molecule has 29 heavy (non-hydrogen) atoms. The zero-order valence-electron chi connectivity index (χ0n) is 16.2. The molecule has 1 heterocycles. The van der Waals surface area contributed by atoms with Crippen molar-refractivity contribution in [3.63, 3.8) is 0 Å². The Bertz CT molecular complexity index is 1090. The highest BCUT2D eigenvalue weighted by Crippen LogP contribution is 2.22. The number of nitrogens with one attached hydrogen (secondary N) is 1. The molecule has 0 fully saturated rings. The van der Waals surface area contributed by atoms with Crippen LogP contribution < -0.4 is 10.1 Å². The van der Waals surface area contributed by atoms with E-state index in [1.54, 1.807) is 57.4 Å². The van der Waals surface area contributed by atoms with Gasteiger partial charge in [-0.05, 0) is 55.8 Å². The van der Waals surface area contributed by atoms with Gasteiger partial charge in [-0.1, -0.05) is 17.2 Å². The lowest BCUT2D eigenvalue weighted by Crippen LogP contribution is -2.16. The van der Waals surface area contributed by atoms with Crippen LogP contribution >= 0.6 is 0 Å². The summed E-state index contributed by atoms with van der Waals surface area (Å²) in [6, 6.07) is 13.3. The minimum atomic E-state index is -3.34. The summed E-state index contributed by atoms with van der Waals surface area (Å²) in [5.74, 6) is 0.620. The summed E-state index contributed by atoms with van der Waals surface area (Å²) >= 11 is 0. The number of ether oxygens (including phenoxy) is 1. The van der Waals surface area contributed by atoms with Gasteiger partial charge in [0.1, 0.15) is 5.75 Å². The second-order valence-corrected chi connectivity index (χ2v) is 9.11. The van der Waals surface area contributed by atoms with Crippen molar-refractivity contribution in [2.24, 2.45) is 0 Å². The molecule has 2 aromatic carbocycles. The lowest BCUT2D eigenvalue weighted by molar-refractivity contribution is -0.115. The summed E-state index contributed by atoms with van der Waals surface area (Å²) in [6.45, 7) is 3.25. The van der Waals surface area contributed by atoms with Crippen molar-refractivity contribution in [2.45, 2.75) is 30.4 Å². The Morgan fingerprint density at radius 3 is 2.31 bits per heavy atom. The van der Waals surface area contributed by atoms with Gasteiger partial charge < -0.3 is 9.15 Å². The third kappa shape index (κ3) is 4.80. The molecule has 0 atom stereocenters. The topological polar surface area (TPSA) is 111 Å². The number of amides is 1. The van der Waals surface area contributed by atoms with Crippen LogP contribution in [-0.2, 0) is 21.1 Å². The first kappa shape index (κ1) is 20.5. The Hall–Kier alpha value is -3.20. The van der Waals surface area contributed by atoms with Crippen LogP contribution in [0, 0.1) is 0 Å². The summed E-state index contributed by atoms with van der Waals surface area (Å²) in [5, 5.41) is 9.78. The van der Waals surface area contributed by atoms with Crippen LogP contribution in [0.4, 0.5) is 6.01 Å². The SMILES string of the molecule is COc1ccc(-c2nnc(NC(=O)Cc3ccc(S(=O)(=O)C(C)C)cc3)o2)cc1. The van der Waals surface area contributed by atoms with Gasteiger partial charge in [-0.3, -0.25) is 10.1 Å². The number of hydrogen-bond acceptors (Lipinski definition) is 7. The summed E-state index contributed by atoms with van der Waals surface area (Å²) in [4.78, 5) is 12.5. The van der Waals surface area contributed by atoms with Crippen LogP contribution in [-0.4, -0.2) is 36.9 Å². The number of rotatable bonds is 7. The van der Waals surface area contributed by atoms with Crippen molar-refractivity contribution < 1.29 is 22.4 Å². The van der Waals surface area contributed by atoms with E-state index in [2.05, 4.69) is 15.5 Å². The van der Waals surface area contributed by atoms with E-state index in [9.17, 15) is 13.2 Å². The quantitative estimate of drug-likeness (QED) is 0.631. The molecule has 152 valence electrons. The maximum atomic E-state index is 12.2. The van der Waals surface area contributed by atoms with Crippen LogP contribution in [0.25, 0.3) is 11.5 Å². The zero-order chi connectivity index (χ0) is 21.0. The molecule has 1 aromatic heterocycles. The van der Waals surface area contributed by atoms with E-state index in [1.807, 2.05) is 0 Å². The fourth-order valence-corrected chi connectivity index (χ4v) is 3.60. The number of nitrogens with zero attached hydrogens (tertiary/aromatic N) is 2. The summed E-state index contributed by atoms with van der Waals surface area (Å²) in [5.41, 5.74) is 1.36. The van der Waals surface area contributed by atoms with E-state index < -0.39 is 15.1 Å². The molecule has 0 saturated carbocycles. The molecule has 0 bridgehead atoms. The van der Waals surface area contributed by atoms with Gasteiger partial charge in [0.2, 0.25) is 11.8 Å². The molecule has 9 heteroatoms. The van der Waals surface area contributed by atoms with Crippen molar-refractivity contribution in [3.8, 4) is 17.2 Å². The van der Waals surface area contributed by atoms with Gasteiger partial charge in [0, 0.05) is 5.56 Å². The summed E-state index contributed by atoms with van der Waals surface area (Å²) in [6.07, 6.45) is 0.0439. The third-order valence-electron chi connectivity index (χ3n) is 4.25. The average molecular weight is 415 g/mol. The van der Waals surface area contributed by atoms with Crippen molar-refractivity contribution >= 4 is 21.8 Å². The van der Waals surface area contributed by atoms with Gasteiger partial charge in [0.15, 0.2) is 9.84 Å². The molecular formula is C20H21N3O5S.